The molecule has 0 bridgehead atoms. The average molecular weight is 194 g/mol. The van der Waals surface area contributed by atoms with Crippen molar-refractivity contribution in [2.24, 2.45) is 0 Å². The van der Waals surface area contributed by atoms with Crippen molar-refractivity contribution in [2.75, 3.05) is 6.61 Å². The lowest BCUT2D eigenvalue weighted by molar-refractivity contribution is 0.299. The van der Waals surface area contributed by atoms with E-state index in [1.807, 2.05) is 12.1 Å². The molecule has 0 radical (unpaired) electrons. The van der Waals surface area contributed by atoms with Crippen LogP contribution in [0.4, 0.5) is 0 Å². The Hall–Kier alpha value is -1.02. The van der Waals surface area contributed by atoms with Gasteiger partial charge in [-0.25, -0.2) is 0 Å². The van der Waals surface area contributed by atoms with E-state index in [9.17, 15) is 5.11 Å². The van der Waals surface area contributed by atoms with Gasteiger partial charge in [0.15, 0.2) is 0 Å². The molecule has 0 aliphatic rings. The summed E-state index contributed by atoms with van der Waals surface area (Å²) in [7, 11) is 0. The quantitative estimate of drug-likeness (QED) is 0.755. The van der Waals surface area contributed by atoms with Crippen molar-refractivity contribution in [1.82, 2.24) is 0 Å². The smallest absolute Gasteiger partial charge is 0.118 e. The van der Waals surface area contributed by atoms with E-state index in [4.69, 9.17) is 5.11 Å². The fraction of sp³-hybridized carbons (Fsp3) is 0.500. The first-order valence-electron chi connectivity index (χ1n) is 5.19. The lowest BCUT2D eigenvalue weighted by atomic mass is 10.0. The topological polar surface area (TPSA) is 40.5 Å². The molecule has 0 spiro atoms. The van der Waals surface area contributed by atoms with E-state index in [-0.39, 0.29) is 6.61 Å². The van der Waals surface area contributed by atoms with Crippen LogP contribution in [-0.2, 0) is 12.8 Å². The largest absolute Gasteiger partial charge is 0.508 e. The molecular weight excluding hydrogens is 176 g/mol. The summed E-state index contributed by atoms with van der Waals surface area (Å²) in [5.74, 6) is 0.375. The van der Waals surface area contributed by atoms with E-state index >= 15 is 0 Å². The SMILES string of the molecule is CCCCc1cc(CCO)ccc1O. The number of phenols is 1. The van der Waals surface area contributed by atoms with Crippen LogP contribution in [0, 0.1) is 0 Å². The standard InChI is InChI=1S/C12H18O2/c1-2-3-4-11-9-10(7-8-13)5-6-12(11)14/h5-6,9,13-14H,2-4,7-8H2,1H3. The molecule has 2 nitrogen and oxygen atoms in total. The van der Waals surface area contributed by atoms with Gasteiger partial charge in [-0.05, 0) is 36.5 Å². The number of aryl methyl sites for hydroxylation is 1. The highest BCUT2D eigenvalue weighted by atomic mass is 16.3. The van der Waals surface area contributed by atoms with Crippen LogP contribution in [0.1, 0.15) is 30.9 Å². The van der Waals surface area contributed by atoms with Crippen molar-refractivity contribution >= 4 is 0 Å². The molecule has 0 saturated carbocycles. The van der Waals surface area contributed by atoms with E-state index in [1.165, 1.54) is 0 Å². The first-order valence-corrected chi connectivity index (χ1v) is 5.19. The Bertz CT molecular complexity index is 282. The highest BCUT2D eigenvalue weighted by molar-refractivity contribution is 5.36. The number of aromatic hydroxyl groups is 1. The zero-order valence-electron chi connectivity index (χ0n) is 8.66. The molecule has 0 amide bonds. The molecule has 2 heteroatoms. The van der Waals surface area contributed by atoms with E-state index in [2.05, 4.69) is 6.92 Å². The summed E-state index contributed by atoms with van der Waals surface area (Å²) in [6, 6.07) is 5.57. The molecule has 0 saturated heterocycles. The molecule has 78 valence electrons. The van der Waals surface area contributed by atoms with Crippen molar-refractivity contribution in [2.45, 2.75) is 32.6 Å². The van der Waals surface area contributed by atoms with Gasteiger partial charge in [0.25, 0.3) is 0 Å². The van der Waals surface area contributed by atoms with E-state index in [1.54, 1.807) is 6.07 Å². The first-order chi connectivity index (χ1) is 6.77. The van der Waals surface area contributed by atoms with Crippen molar-refractivity contribution in [3.63, 3.8) is 0 Å². The molecule has 1 aromatic carbocycles. The number of hydrogen-bond acceptors (Lipinski definition) is 2. The fourth-order valence-corrected chi connectivity index (χ4v) is 1.49. The van der Waals surface area contributed by atoms with Gasteiger partial charge in [0, 0.05) is 6.61 Å². The maximum atomic E-state index is 9.57. The number of phenolic OH excluding ortho intramolecular Hbond substituents is 1. The lowest BCUT2D eigenvalue weighted by Gasteiger charge is -2.06. The van der Waals surface area contributed by atoms with Gasteiger partial charge in [0.1, 0.15) is 5.75 Å². The normalized spacial score (nSPS) is 10.4. The van der Waals surface area contributed by atoms with Crippen LogP contribution in [0.25, 0.3) is 0 Å². The third-order valence-corrected chi connectivity index (χ3v) is 2.34. The van der Waals surface area contributed by atoms with Gasteiger partial charge in [-0.15, -0.1) is 0 Å². The molecule has 0 unspecified atom stereocenters. The number of unbranched alkanes of at least 4 members (excludes halogenated alkanes) is 1. The summed E-state index contributed by atoms with van der Waals surface area (Å²) in [4.78, 5) is 0. The highest BCUT2D eigenvalue weighted by Gasteiger charge is 2.01. The van der Waals surface area contributed by atoms with Crippen molar-refractivity contribution in [1.29, 1.82) is 0 Å². The van der Waals surface area contributed by atoms with Crippen LogP contribution in [0.5, 0.6) is 5.75 Å². The Labute approximate surface area is 85.2 Å². The molecule has 0 aromatic heterocycles. The predicted octanol–water partition coefficient (Wildman–Crippen LogP) is 2.27. The zero-order valence-corrected chi connectivity index (χ0v) is 8.66. The van der Waals surface area contributed by atoms with Gasteiger partial charge in [-0.3, -0.25) is 0 Å². The van der Waals surface area contributed by atoms with Gasteiger partial charge < -0.3 is 10.2 Å². The van der Waals surface area contributed by atoms with Crippen LogP contribution >= 0.6 is 0 Å². The van der Waals surface area contributed by atoms with Crippen LogP contribution in [-0.4, -0.2) is 16.8 Å². The Morgan fingerprint density at radius 2 is 2.00 bits per heavy atom. The third-order valence-electron chi connectivity index (χ3n) is 2.34. The Kier molecular flexibility index (Phi) is 4.47. The fourth-order valence-electron chi connectivity index (χ4n) is 1.49. The summed E-state index contributed by atoms with van der Waals surface area (Å²) in [6.45, 7) is 2.30. The third kappa shape index (κ3) is 3.04. The van der Waals surface area contributed by atoms with Crippen molar-refractivity contribution in [3.8, 4) is 5.75 Å². The van der Waals surface area contributed by atoms with Gasteiger partial charge in [-0.2, -0.15) is 0 Å². The minimum Gasteiger partial charge on any atom is -0.508 e. The Morgan fingerprint density at radius 1 is 1.21 bits per heavy atom. The number of benzene rings is 1. The average Bonchev–Trinajstić information content (AvgIpc) is 2.19. The molecule has 14 heavy (non-hydrogen) atoms. The van der Waals surface area contributed by atoms with Gasteiger partial charge in [0.2, 0.25) is 0 Å². The van der Waals surface area contributed by atoms with Crippen molar-refractivity contribution < 1.29 is 10.2 Å². The second-order valence-corrected chi connectivity index (χ2v) is 3.54. The second kappa shape index (κ2) is 5.66. The van der Waals surface area contributed by atoms with Gasteiger partial charge >= 0.3 is 0 Å². The maximum Gasteiger partial charge on any atom is 0.118 e. The summed E-state index contributed by atoms with van der Waals surface area (Å²) >= 11 is 0. The van der Waals surface area contributed by atoms with Crippen LogP contribution in [0.2, 0.25) is 0 Å². The monoisotopic (exact) mass is 194 g/mol. The lowest BCUT2D eigenvalue weighted by Crippen LogP contribution is -1.93. The maximum absolute atomic E-state index is 9.57. The molecule has 1 aromatic rings. The van der Waals surface area contributed by atoms with Gasteiger partial charge in [-0.1, -0.05) is 25.5 Å². The molecule has 2 N–H and O–H groups in total. The molecule has 0 aliphatic carbocycles. The summed E-state index contributed by atoms with van der Waals surface area (Å²) < 4.78 is 0. The van der Waals surface area contributed by atoms with Crippen LogP contribution in [0.15, 0.2) is 18.2 Å². The number of hydrogen-bond donors (Lipinski definition) is 2. The van der Waals surface area contributed by atoms with E-state index in [0.29, 0.717) is 12.2 Å². The Morgan fingerprint density at radius 3 is 2.64 bits per heavy atom. The highest BCUT2D eigenvalue weighted by Crippen LogP contribution is 2.20. The van der Waals surface area contributed by atoms with E-state index < -0.39 is 0 Å². The number of rotatable bonds is 5. The molecular formula is C12H18O2. The molecule has 1 rings (SSSR count). The minimum absolute atomic E-state index is 0.165. The van der Waals surface area contributed by atoms with Crippen molar-refractivity contribution in [3.05, 3.63) is 29.3 Å². The number of aliphatic hydroxyl groups is 1. The molecule has 0 aliphatic heterocycles. The molecule has 0 heterocycles. The zero-order chi connectivity index (χ0) is 10.4. The Balaban J connectivity index is 2.74. The van der Waals surface area contributed by atoms with E-state index in [0.717, 1.165) is 30.4 Å². The predicted molar refractivity (Wildman–Crippen MR) is 57.5 cm³/mol. The summed E-state index contributed by atoms with van der Waals surface area (Å²) in [5, 5.41) is 18.4. The summed E-state index contributed by atoms with van der Waals surface area (Å²) in [6.07, 6.45) is 3.81. The van der Waals surface area contributed by atoms with Crippen LogP contribution < -0.4 is 0 Å². The summed E-state index contributed by atoms with van der Waals surface area (Å²) in [5.41, 5.74) is 2.09. The van der Waals surface area contributed by atoms with Crippen LogP contribution in [0.3, 0.4) is 0 Å². The number of aliphatic hydroxyl groups excluding tert-OH is 1. The van der Waals surface area contributed by atoms with Gasteiger partial charge in [0.05, 0.1) is 0 Å². The molecule has 0 atom stereocenters. The minimum atomic E-state index is 0.165. The second-order valence-electron chi connectivity index (χ2n) is 3.54. The first kappa shape index (κ1) is 11.1. The molecule has 0 fully saturated rings.